The summed E-state index contributed by atoms with van der Waals surface area (Å²) in [4.78, 5) is 117. The van der Waals surface area contributed by atoms with Crippen molar-refractivity contribution in [2.45, 2.75) is 180 Å². The maximum absolute atomic E-state index is 14.6. The van der Waals surface area contributed by atoms with Crippen LogP contribution in [-0.4, -0.2) is 177 Å². The molecule has 6 fully saturated rings. The summed E-state index contributed by atoms with van der Waals surface area (Å²) in [6.45, 7) is 26.9. The molecule has 4 aliphatic carbocycles. The van der Waals surface area contributed by atoms with Gasteiger partial charge in [-0.3, -0.25) is 19.2 Å². The molecule has 0 spiro atoms. The number of pyridine rings is 2. The number of anilines is 2. The van der Waals surface area contributed by atoms with Crippen molar-refractivity contribution in [2.75, 3.05) is 45.1 Å². The average molecular weight is 1480 g/mol. The molecule has 6 aromatic rings. The van der Waals surface area contributed by atoms with Gasteiger partial charge in [-0.05, 0) is 107 Å². The number of carbonyl (C=O) groups is 7. The molecule has 8 N–H and O–H groups in total. The molecule has 4 saturated carbocycles. The van der Waals surface area contributed by atoms with Crippen LogP contribution in [0.2, 0.25) is 0 Å². The third-order valence-corrected chi connectivity index (χ3v) is 21.4. The number of hydrogen-bond acceptors (Lipinski definition) is 22. The lowest BCUT2D eigenvalue weighted by atomic mass is 9.85. The zero-order valence-electron chi connectivity index (χ0n) is 60.5. The van der Waals surface area contributed by atoms with Gasteiger partial charge < -0.3 is 75.6 Å². The van der Waals surface area contributed by atoms with Crippen LogP contribution in [0.4, 0.5) is 15.1 Å². The van der Waals surface area contributed by atoms with Gasteiger partial charge in [0.15, 0.2) is 10.3 Å². The number of nitrogens with two attached hydrogens (primary N) is 1. The van der Waals surface area contributed by atoms with Crippen LogP contribution >= 0.6 is 35.1 Å². The molecule has 13 atom stereocenters. The monoisotopic (exact) mass is 1470 g/mol. The molecule has 2 aliphatic heterocycles. The summed E-state index contributed by atoms with van der Waals surface area (Å²) >= 11 is 2.94. The standard InChI is InChI=1S/C40H50N6O8S.C34H44N6O6S.ClH/c1-8-23-17-40(23,36(49)50)45-34(47)31-15-26(18-46(31)35(48)33(39(4,5)6)44-38(51)54-25-12-21-11-22(21)13-25)53-32-16-29(30-19-55-37(43-30)41-20(2)3)42-28-14-24(52-7)9-10-27(28)32;1-9-19-15-34(19,31(43)45-8)39-29(41)26-13-21(16-40(26)30(42)28(35)33(4,5)6)46-27-14-24(25-17-47-32(38-25)36-18(2)3)37-23-12-20(44-7)10-11-22(23)27;/h8-10,14,16,19-23,25-26,31,33H,1,11-13,15,17-18H2,2-7H3,(H,41,43)(H,44,51)(H,45,47)(H,49,50);9-12,14,17-19,21,26,28H,1,13,15-16,35H2,2-8H3,(H,36,38)(H,39,41);1H/t21-,22+,23-,25?,26-,31+,33-,40-;19-,21-,26+,28-,34-;/m11./s1. The fourth-order valence-electron chi connectivity index (χ4n) is 13.8. The summed E-state index contributed by atoms with van der Waals surface area (Å²) in [5.41, 5.74) is 6.11. The second-order valence-corrected chi connectivity index (χ2v) is 32.0. The molecule has 6 heterocycles. The number of esters is 1. The van der Waals surface area contributed by atoms with Gasteiger partial charge in [0, 0.05) is 82.6 Å². The highest BCUT2D eigenvalue weighted by molar-refractivity contribution is 7.14. The first-order valence-corrected chi connectivity index (χ1v) is 36.3. The number of amides is 5. The number of rotatable bonds is 24. The van der Waals surface area contributed by atoms with E-state index < -0.39 is 100.0 Å². The number of benzene rings is 2. The Morgan fingerprint density at radius 1 is 0.621 bits per heavy atom. The second-order valence-electron chi connectivity index (χ2n) is 30.3. The summed E-state index contributed by atoms with van der Waals surface area (Å²) in [6, 6.07) is 11.0. The fourth-order valence-corrected chi connectivity index (χ4v) is 15.5. The fraction of sp³-hybridized carbons (Fsp3) is 0.527. The van der Waals surface area contributed by atoms with Gasteiger partial charge in [-0.25, -0.2) is 34.3 Å². The predicted octanol–water partition coefficient (Wildman–Crippen LogP) is 10.2. The topological polar surface area (TPSA) is 339 Å². The van der Waals surface area contributed by atoms with Gasteiger partial charge in [0.2, 0.25) is 23.6 Å². The third kappa shape index (κ3) is 16.7. The number of likely N-dealkylation sites (tertiary alicyclic amines) is 2. The molecule has 554 valence electrons. The summed E-state index contributed by atoms with van der Waals surface area (Å²) in [6.07, 6.45) is 4.65. The number of nitrogens with zero attached hydrogens (tertiary/aromatic N) is 6. The van der Waals surface area contributed by atoms with Crippen LogP contribution in [0.1, 0.15) is 114 Å². The first-order valence-electron chi connectivity index (χ1n) is 34.6. The van der Waals surface area contributed by atoms with E-state index in [1.165, 1.54) is 52.1 Å². The highest BCUT2D eigenvalue weighted by atomic mass is 35.5. The summed E-state index contributed by atoms with van der Waals surface area (Å²) in [7, 11) is 4.45. The first kappa shape index (κ1) is 76.8. The predicted molar refractivity (Wildman–Crippen MR) is 396 cm³/mol. The Morgan fingerprint density at radius 3 is 1.49 bits per heavy atom. The highest BCUT2D eigenvalue weighted by Gasteiger charge is 2.63. The zero-order valence-corrected chi connectivity index (χ0v) is 62.9. The third-order valence-electron chi connectivity index (χ3n) is 19.9. The molecule has 4 aromatic heterocycles. The maximum Gasteiger partial charge on any atom is 0.408 e. The Bertz CT molecular complexity index is 4220. The number of thiazole rings is 2. The Labute approximate surface area is 613 Å². The lowest BCUT2D eigenvalue weighted by molar-refractivity contribution is -0.148. The van der Waals surface area contributed by atoms with Crippen molar-refractivity contribution >= 4 is 109 Å². The molecule has 0 bridgehead atoms. The average Bonchev–Trinajstić information content (AvgIpc) is 1.64. The van der Waals surface area contributed by atoms with Crippen molar-refractivity contribution in [2.24, 2.45) is 40.2 Å². The minimum Gasteiger partial charge on any atom is -0.497 e. The number of carboxylic acids is 1. The van der Waals surface area contributed by atoms with Crippen LogP contribution in [0.15, 0.2) is 84.6 Å². The maximum atomic E-state index is 14.6. The Kier molecular flexibility index (Phi) is 22.7. The van der Waals surface area contributed by atoms with Crippen LogP contribution in [0.25, 0.3) is 44.6 Å². The van der Waals surface area contributed by atoms with Crippen molar-refractivity contribution in [3.05, 3.63) is 84.6 Å². The van der Waals surface area contributed by atoms with E-state index in [0.29, 0.717) is 80.5 Å². The van der Waals surface area contributed by atoms with Crippen molar-refractivity contribution < 1.29 is 67.1 Å². The SMILES string of the molecule is C=C[C@@H]1C[C@]1(NC(=O)[C@@H]1C[C@@H](Oc2cc(-c3csc(NC(C)C)n3)nc3cc(OC)ccc23)CN1C(=O)[C@@H](N)C(C)(C)C)C(=O)OC.C=C[C@@H]1C[C@]1(NC(=O)[C@@H]1C[C@@H](Oc2cc(-c3csc(NC(C)C)n3)nc3cc(OC)ccc23)CN1C(=O)[C@@H](NC(=O)OC1C[C@@H]2C[C@@H]2C1)C(C)(C)C)C(=O)O.Cl. The van der Waals surface area contributed by atoms with Crippen LogP contribution in [-0.2, 0) is 38.2 Å². The Hall–Kier alpha value is -8.86. The van der Waals surface area contributed by atoms with Gasteiger partial charge in [0.25, 0.3) is 0 Å². The summed E-state index contributed by atoms with van der Waals surface area (Å²) < 4.78 is 35.0. The number of carbonyl (C=O) groups excluding carboxylic acids is 6. The van der Waals surface area contributed by atoms with E-state index in [1.54, 1.807) is 38.5 Å². The molecule has 2 aromatic carbocycles. The molecule has 26 nitrogen and oxygen atoms in total. The molecule has 2 saturated heterocycles. The summed E-state index contributed by atoms with van der Waals surface area (Å²) in [5, 5.41) is 32.0. The normalized spacial score (nSPS) is 25.0. The molecule has 12 rings (SSSR count). The Morgan fingerprint density at radius 2 is 1.08 bits per heavy atom. The molecule has 6 aliphatic rings. The van der Waals surface area contributed by atoms with Crippen LogP contribution < -0.4 is 51.3 Å². The van der Waals surface area contributed by atoms with Crippen LogP contribution in [0.5, 0.6) is 23.0 Å². The van der Waals surface area contributed by atoms with E-state index >= 15 is 0 Å². The number of ether oxygens (including phenoxy) is 6. The molecular formula is C74H95ClN12O14S2. The van der Waals surface area contributed by atoms with Gasteiger partial charge >= 0.3 is 18.0 Å². The Balaban J connectivity index is 0.000000222. The quantitative estimate of drug-likeness (QED) is 0.0219. The molecule has 103 heavy (non-hydrogen) atoms. The minimum atomic E-state index is -1.51. The zero-order chi connectivity index (χ0) is 73.7. The van der Waals surface area contributed by atoms with E-state index in [1.807, 2.05) is 110 Å². The van der Waals surface area contributed by atoms with Crippen LogP contribution in [0.3, 0.4) is 0 Å². The highest BCUT2D eigenvalue weighted by Crippen LogP contribution is 2.53. The largest absolute Gasteiger partial charge is 0.497 e. The summed E-state index contributed by atoms with van der Waals surface area (Å²) in [5.74, 6) is -0.959. The number of halogens is 1. The lowest BCUT2D eigenvalue weighted by Crippen LogP contribution is -2.59. The molecular weight excluding hydrogens is 1380 g/mol. The van der Waals surface area contributed by atoms with Gasteiger partial charge in [-0.2, -0.15) is 0 Å². The van der Waals surface area contributed by atoms with Crippen LogP contribution in [0, 0.1) is 34.5 Å². The molecule has 29 heteroatoms. The van der Waals surface area contributed by atoms with Crippen molar-refractivity contribution in [1.82, 2.24) is 45.7 Å². The van der Waals surface area contributed by atoms with Crippen molar-refractivity contribution in [3.8, 4) is 45.8 Å². The number of nitrogens with one attached hydrogen (secondary N) is 5. The first-order chi connectivity index (χ1) is 48.3. The van der Waals surface area contributed by atoms with Gasteiger partial charge in [-0.15, -0.1) is 48.2 Å². The van der Waals surface area contributed by atoms with Crippen molar-refractivity contribution in [3.63, 3.8) is 0 Å². The van der Waals surface area contributed by atoms with Crippen molar-refractivity contribution in [1.29, 1.82) is 0 Å². The number of methoxy groups -OCH3 is 3. The molecule has 0 radical (unpaired) electrons. The number of alkyl carbamates (subject to hydrolysis) is 1. The van der Waals surface area contributed by atoms with E-state index in [4.69, 9.17) is 54.1 Å². The number of aliphatic carboxylic acids is 1. The second kappa shape index (κ2) is 30.5. The number of hydrogen-bond donors (Lipinski definition) is 7. The number of aromatic nitrogens is 4. The molecule has 1 unspecified atom stereocenters. The molecule has 5 amide bonds. The minimum absolute atomic E-state index is 0. The number of fused-ring (bicyclic) bond motifs is 3. The lowest BCUT2D eigenvalue weighted by Gasteiger charge is -2.35. The van der Waals surface area contributed by atoms with E-state index in [9.17, 15) is 38.7 Å². The van der Waals surface area contributed by atoms with E-state index in [2.05, 4.69) is 39.7 Å². The van der Waals surface area contributed by atoms with Gasteiger partial charge in [0.05, 0.1) is 62.9 Å². The van der Waals surface area contributed by atoms with E-state index in [0.717, 1.165) is 28.5 Å². The van der Waals surface area contributed by atoms with E-state index in [-0.39, 0.29) is 74.8 Å². The van der Waals surface area contributed by atoms with Gasteiger partial charge in [0.1, 0.15) is 81.9 Å². The number of carboxylic acid groups (broad SMARTS) is 1. The smallest absolute Gasteiger partial charge is 0.408 e. The van der Waals surface area contributed by atoms with Gasteiger partial charge in [-0.1, -0.05) is 53.7 Å².